The number of benzene rings is 1. The third-order valence-electron chi connectivity index (χ3n) is 3.98. The summed E-state index contributed by atoms with van der Waals surface area (Å²) < 4.78 is 0. The molecule has 0 radical (unpaired) electrons. The van der Waals surface area contributed by atoms with Crippen LogP contribution in [0, 0.1) is 6.92 Å². The second kappa shape index (κ2) is 7.77. The van der Waals surface area contributed by atoms with Gasteiger partial charge in [-0.15, -0.1) is 24.8 Å². The van der Waals surface area contributed by atoms with Gasteiger partial charge in [-0.1, -0.05) is 18.2 Å². The molecule has 1 aliphatic heterocycles. The number of nitrogens with zero attached hydrogens (tertiary/aromatic N) is 2. The van der Waals surface area contributed by atoms with E-state index in [1.54, 1.807) is 0 Å². The predicted molar refractivity (Wildman–Crippen MR) is 94.1 cm³/mol. The van der Waals surface area contributed by atoms with E-state index in [9.17, 15) is 4.79 Å². The third-order valence-corrected chi connectivity index (χ3v) is 3.98. The molecule has 2 heterocycles. The maximum atomic E-state index is 12.8. The zero-order valence-corrected chi connectivity index (χ0v) is 14.1. The van der Waals surface area contributed by atoms with Gasteiger partial charge < -0.3 is 10.6 Å². The first kappa shape index (κ1) is 18.7. The molecule has 3 rings (SSSR count). The smallest absolute Gasteiger partial charge is 0.254 e. The van der Waals surface area contributed by atoms with E-state index in [4.69, 9.17) is 5.73 Å². The molecule has 1 amide bonds. The minimum absolute atomic E-state index is 0. The zero-order chi connectivity index (χ0) is 14.1. The Hall–Kier alpha value is -1.36. The number of hydrogen-bond acceptors (Lipinski definition) is 3. The van der Waals surface area contributed by atoms with E-state index < -0.39 is 0 Å². The third kappa shape index (κ3) is 3.35. The van der Waals surface area contributed by atoms with Gasteiger partial charge in [-0.2, -0.15) is 0 Å². The highest BCUT2D eigenvalue weighted by Gasteiger charge is 2.29. The molecule has 2 N–H and O–H groups in total. The number of para-hydroxylation sites is 1. The Bertz CT molecular complexity index is 663. The van der Waals surface area contributed by atoms with E-state index in [0.29, 0.717) is 6.54 Å². The van der Waals surface area contributed by atoms with Gasteiger partial charge in [0, 0.05) is 30.2 Å². The van der Waals surface area contributed by atoms with Crippen molar-refractivity contribution < 1.29 is 4.79 Å². The van der Waals surface area contributed by atoms with E-state index in [1.165, 1.54) is 0 Å². The Balaban J connectivity index is 0.00000121. The number of rotatable bonds is 2. The second-order valence-electron chi connectivity index (χ2n) is 5.36. The molecule has 2 aromatic rings. The van der Waals surface area contributed by atoms with Crippen molar-refractivity contribution in [2.75, 3.05) is 13.1 Å². The van der Waals surface area contributed by atoms with Gasteiger partial charge in [-0.25, -0.2) is 0 Å². The van der Waals surface area contributed by atoms with E-state index in [-0.39, 0.29) is 36.8 Å². The maximum Gasteiger partial charge on any atom is 0.254 e. The van der Waals surface area contributed by atoms with Crippen LogP contribution in [-0.2, 0) is 0 Å². The number of halogens is 2. The van der Waals surface area contributed by atoms with Crippen LogP contribution in [0.1, 0.15) is 28.9 Å². The second-order valence-corrected chi connectivity index (χ2v) is 5.36. The standard InChI is InChI=1S/C16H19N3O.2ClH/c1-11-9-14(13-6-2-3-7-15(13)18-11)16(20)19-8-4-5-12(19)10-17;;/h2-3,6-7,9,12H,4-5,8,10,17H2,1H3;2*1H. The van der Waals surface area contributed by atoms with Crippen LogP contribution in [0.3, 0.4) is 0 Å². The highest BCUT2D eigenvalue weighted by Crippen LogP contribution is 2.24. The summed E-state index contributed by atoms with van der Waals surface area (Å²) in [6, 6.07) is 9.86. The Morgan fingerprint density at radius 2 is 2.09 bits per heavy atom. The molecule has 0 saturated carbocycles. The highest BCUT2D eigenvalue weighted by molar-refractivity contribution is 6.06. The SMILES string of the molecule is Cc1cc(C(=O)N2CCCC2CN)c2ccccc2n1.Cl.Cl. The van der Waals surface area contributed by atoms with Crippen LogP contribution in [0.25, 0.3) is 10.9 Å². The number of likely N-dealkylation sites (tertiary alicyclic amines) is 1. The zero-order valence-electron chi connectivity index (χ0n) is 12.5. The van der Waals surface area contributed by atoms with Crippen molar-refractivity contribution in [2.45, 2.75) is 25.8 Å². The van der Waals surface area contributed by atoms with Gasteiger partial charge in [0.25, 0.3) is 5.91 Å². The average Bonchev–Trinajstić information content (AvgIpc) is 2.94. The summed E-state index contributed by atoms with van der Waals surface area (Å²) >= 11 is 0. The van der Waals surface area contributed by atoms with Crippen LogP contribution in [0.5, 0.6) is 0 Å². The number of hydrogen-bond donors (Lipinski definition) is 1. The van der Waals surface area contributed by atoms with Crippen LogP contribution in [0.15, 0.2) is 30.3 Å². The summed E-state index contributed by atoms with van der Waals surface area (Å²) in [5, 5.41) is 0.922. The molecular formula is C16H21Cl2N3O. The van der Waals surface area contributed by atoms with Crippen molar-refractivity contribution in [3.8, 4) is 0 Å². The normalized spacial score (nSPS) is 17.0. The number of pyridine rings is 1. The number of carbonyl (C=O) groups excluding carboxylic acids is 1. The molecule has 1 aromatic carbocycles. The van der Waals surface area contributed by atoms with Crippen molar-refractivity contribution in [1.82, 2.24) is 9.88 Å². The van der Waals surface area contributed by atoms with Gasteiger partial charge in [0.1, 0.15) is 0 Å². The van der Waals surface area contributed by atoms with Crippen molar-refractivity contribution in [2.24, 2.45) is 5.73 Å². The lowest BCUT2D eigenvalue weighted by atomic mass is 10.1. The van der Waals surface area contributed by atoms with Crippen molar-refractivity contribution in [3.05, 3.63) is 41.6 Å². The first-order valence-corrected chi connectivity index (χ1v) is 7.08. The molecule has 1 unspecified atom stereocenters. The largest absolute Gasteiger partial charge is 0.334 e. The minimum atomic E-state index is 0. The Labute approximate surface area is 142 Å². The molecule has 1 aliphatic rings. The Kier molecular flexibility index (Phi) is 6.60. The minimum Gasteiger partial charge on any atom is -0.334 e. The van der Waals surface area contributed by atoms with Crippen LogP contribution in [0.2, 0.25) is 0 Å². The fourth-order valence-electron chi connectivity index (χ4n) is 2.99. The average molecular weight is 342 g/mol. The van der Waals surface area contributed by atoms with Gasteiger partial charge >= 0.3 is 0 Å². The number of fused-ring (bicyclic) bond motifs is 1. The van der Waals surface area contributed by atoms with Gasteiger partial charge in [0.05, 0.1) is 11.1 Å². The van der Waals surface area contributed by atoms with E-state index in [2.05, 4.69) is 4.98 Å². The summed E-state index contributed by atoms with van der Waals surface area (Å²) in [7, 11) is 0. The first-order valence-electron chi connectivity index (χ1n) is 7.08. The van der Waals surface area contributed by atoms with E-state index in [0.717, 1.165) is 41.5 Å². The lowest BCUT2D eigenvalue weighted by molar-refractivity contribution is 0.0743. The molecule has 0 bridgehead atoms. The summed E-state index contributed by atoms with van der Waals surface area (Å²) in [5.41, 5.74) is 8.27. The summed E-state index contributed by atoms with van der Waals surface area (Å²) in [6.45, 7) is 3.26. The quantitative estimate of drug-likeness (QED) is 0.913. The molecule has 22 heavy (non-hydrogen) atoms. The molecule has 0 aliphatic carbocycles. The van der Waals surface area contributed by atoms with Crippen molar-refractivity contribution in [3.63, 3.8) is 0 Å². The number of nitrogens with two attached hydrogens (primary N) is 1. The first-order chi connectivity index (χ1) is 9.70. The molecule has 4 nitrogen and oxygen atoms in total. The molecule has 1 fully saturated rings. The van der Waals surface area contributed by atoms with Crippen LogP contribution in [-0.4, -0.2) is 34.9 Å². The van der Waals surface area contributed by atoms with Crippen LogP contribution >= 0.6 is 24.8 Å². The van der Waals surface area contributed by atoms with E-state index >= 15 is 0 Å². The van der Waals surface area contributed by atoms with Gasteiger partial charge in [0.2, 0.25) is 0 Å². The molecule has 6 heteroatoms. The summed E-state index contributed by atoms with van der Waals surface area (Å²) in [5.74, 6) is 0.0830. The molecule has 0 spiro atoms. The van der Waals surface area contributed by atoms with Crippen LogP contribution in [0.4, 0.5) is 0 Å². The maximum absolute atomic E-state index is 12.8. The van der Waals surface area contributed by atoms with E-state index in [1.807, 2.05) is 42.2 Å². The highest BCUT2D eigenvalue weighted by atomic mass is 35.5. The Morgan fingerprint density at radius 1 is 1.36 bits per heavy atom. The monoisotopic (exact) mass is 341 g/mol. The number of carbonyl (C=O) groups is 1. The van der Waals surface area contributed by atoms with Crippen molar-refractivity contribution in [1.29, 1.82) is 0 Å². The molecule has 1 saturated heterocycles. The summed E-state index contributed by atoms with van der Waals surface area (Å²) in [6.07, 6.45) is 2.04. The topological polar surface area (TPSA) is 59.2 Å². The van der Waals surface area contributed by atoms with Crippen LogP contribution < -0.4 is 5.73 Å². The van der Waals surface area contributed by atoms with Gasteiger partial charge in [0.15, 0.2) is 0 Å². The number of aryl methyl sites for hydroxylation is 1. The summed E-state index contributed by atoms with van der Waals surface area (Å²) in [4.78, 5) is 19.2. The van der Waals surface area contributed by atoms with Gasteiger partial charge in [-0.05, 0) is 31.9 Å². The van der Waals surface area contributed by atoms with Crippen molar-refractivity contribution >= 4 is 41.6 Å². The lowest BCUT2D eigenvalue weighted by Crippen LogP contribution is -2.40. The molecule has 1 aromatic heterocycles. The molecule has 1 atom stereocenters. The van der Waals surface area contributed by atoms with Gasteiger partial charge in [-0.3, -0.25) is 9.78 Å². The number of amides is 1. The molecular weight excluding hydrogens is 321 g/mol. The Morgan fingerprint density at radius 3 is 2.82 bits per heavy atom. The lowest BCUT2D eigenvalue weighted by Gasteiger charge is -2.24. The molecule has 120 valence electrons. The number of aromatic nitrogens is 1. The fourth-order valence-corrected chi connectivity index (χ4v) is 2.99. The fraction of sp³-hybridized carbons (Fsp3) is 0.375. The predicted octanol–water partition coefficient (Wildman–Crippen LogP) is 2.95.